The minimum atomic E-state index is 0.881. The monoisotopic (exact) mass is 225 g/mol. The lowest BCUT2D eigenvalue weighted by molar-refractivity contribution is -0.363. The highest BCUT2D eigenvalue weighted by Crippen LogP contribution is 2.30. The zero-order chi connectivity index (χ0) is 11.7. The molecule has 2 heterocycles. The Kier molecular flexibility index (Phi) is 2.26. The molecule has 0 atom stereocenters. The highest BCUT2D eigenvalue weighted by molar-refractivity contribution is 5.99. The highest BCUT2D eigenvalue weighted by Gasteiger charge is 2.15. The molecule has 0 fully saturated rings. The van der Waals surface area contributed by atoms with Crippen LogP contribution < -0.4 is 10.3 Å². The van der Waals surface area contributed by atoms with Crippen molar-refractivity contribution in [3.8, 4) is 11.1 Å². The second kappa shape index (κ2) is 3.90. The average molecular weight is 225 g/mol. The standard InChI is InChI=1S/C13H12N4/c1-14-12-11-10(9-5-3-2-4-6-9)7-15-13(11)17-8-16-12/h2-8H,1H3,(H2,14,15,16,17)/p+1. The number of nitrogens with one attached hydrogen (secondary N) is 3. The van der Waals surface area contributed by atoms with Crippen LogP contribution in [-0.2, 0) is 0 Å². The summed E-state index contributed by atoms with van der Waals surface area (Å²) in [6.07, 6.45) is 3.67. The maximum absolute atomic E-state index is 4.28. The fourth-order valence-corrected chi connectivity index (χ4v) is 2.04. The van der Waals surface area contributed by atoms with Gasteiger partial charge in [-0.2, -0.15) is 0 Å². The number of hydrogen-bond acceptors (Lipinski definition) is 2. The van der Waals surface area contributed by atoms with E-state index >= 15 is 0 Å². The summed E-state index contributed by atoms with van der Waals surface area (Å²) >= 11 is 0. The van der Waals surface area contributed by atoms with Gasteiger partial charge < -0.3 is 10.3 Å². The molecule has 4 heteroatoms. The van der Waals surface area contributed by atoms with Crippen LogP contribution in [0.3, 0.4) is 0 Å². The van der Waals surface area contributed by atoms with Crippen LogP contribution in [0.5, 0.6) is 0 Å². The third-order valence-electron chi connectivity index (χ3n) is 2.85. The molecule has 0 spiro atoms. The van der Waals surface area contributed by atoms with Crippen LogP contribution in [0.4, 0.5) is 5.82 Å². The second-order valence-electron chi connectivity index (χ2n) is 3.82. The third kappa shape index (κ3) is 1.54. The molecule has 0 saturated heterocycles. The zero-order valence-electron chi connectivity index (χ0n) is 9.49. The number of rotatable bonds is 2. The molecule has 0 radical (unpaired) electrons. The van der Waals surface area contributed by atoms with Gasteiger partial charge in [0.1, 0.15) is 5.39 Å². The van der Waals surface area contributed by atoms with E-state index in [1.807, 2.05) is 31.4 Å². The first-order chi connectivity index (χ1) is 8.40. The van der Waals surface area contributed by atoms with Gasteiger partial charge in [0.2, 0.25) is 17.8 Å². The van der Waals surface area contributed by atoms with E-state index in [4.69, 9.17) is 0 Å². The van der Waals surface area contributed by atoms with Gasteiger partial charge in [0.25, 0.3) is 0 Å². The van der Waals surface area contributed by atoms with Gasteiger partial charge in [0.05, 0.1) is 0 Å². The normalized spacial score (nSPS) is 10.6. The zero-order valence-corrected chi connectivity index (χ0v) is 9.49. The fourth-order valence-electron chi connectivity index (χ4n) is 2.04. The van der Waals surface area contributed by atoms with Crippen LogP contribution in [0.15, 0.2) is 42.9 Å². The third-order valence-corrected chi connectivity index (χ3v) is 2.85. The molecule has 0 aliphatic carbocycles. The van der Waals surface area contributed by atoms with E-state index in [9.17, 15) is 0 Å². The average Bonchev–Trinajstić information content (AvgIpc) is 2.83. The van der Waals surface area contributed by atoms with Gasteiger partial charge in [-0.25, -0.2) is 4.98 Å². The van der Waals surface area contributed by atoms with E-state index in [0.717, 1.165) is 22.4 Å². The summed E-state index contributed by atoms with van der Waals surface area (Å²) < 4.78 is 0. The largest absolute Gasteiger partial charge is 0.332 e. The van der Waals surface area contributed by atoms with Crippen molar-refractivity contribution < 1.29 is 4.98 Å². The van der Waals surface area contributed by atoms with Crippen LogP contribution in [0, 0.1) is 0 Å². The summed E-state index contributed by atoms with van der Waals surface area (Å²) in [5.41, 5.74) is 3.21. The molecule has 0 bridgehead atoms. The number of aromatic amines is 2. The van der Waals surface area contributed by atoms with Gasteiger partial charge in [-0.05, 0) is 5.56 Å². The maximum atomic E-state index is 4.28. The quantitative estimate of drug-likeness (QED) is 0.701. The molecule has 1 aromatic carbocycles. The Morgan fingerprint density at radius 1 is 1.24 bits per heavy atom. The summed E-state index contributed by atoms with van der Waals surface area (Å²) in [6, 6.07) is 10.3. The van der Waals surface area contributed by atoms with Gasteiger partial charge in [-0.1, -0.05) is 35.3 Å². The topological polar surface area (TPSA) is 54.9 Å². The number of hydrogen-bond donors (Lipinski definition) is 2. The fraction of sp³-hybridized carbons (Fsp3) is 0.0769. The Morgan fingerprint density at radius 3 is 2.82 bits per heavy atom. The molecule has 3 N–H and O–H groups in total. The Balaban J connectivity index is 2.31. The number of aromatic nitrogens is 3. The Morgan fingerprint density at radius 2 is 2.06 bits per heavy atom. The van der Waals surface area contributed by atoms with E-state index in [-0.39, 0.29) is 0 Å². The summed E-state index contributed by atoms with van der Waals surface area (Å²) in [6.45, 7) is 0. The molecule has 0 aliphatic rings. The van der Waals surface area contributed by atoms with E-state index in [1.54, 1.807) is 6.33 Å². The molecule has 17 heavy (non-hydrogen) atoms. The van der Waals surface area contributed by atoms with Crippen LogP contribution in [0.2, 0.25) is 0 Å². The summed E-state index contributed by atoms with van der Waals surface area (Å²) in [5.74, 6) is 0.968. The van der Waals surface area contributed by atoms with Crippen molar-refractivity contribution in [1.29, 1.82) is 0 Å². The van der Waals surface area contributed by atoms with Gasteiger partial charge in [0.15, 0.2) is 0 Å². The van der Waals surface area contributed by atoms with Crippen molar-refractivity contribution in [3.05, 3.63) is 42.9 Å². The van der Waals surface area contributed by atoms with Crippen molar-refractivity contribution in [2.45, 2.75) is 0 Å². The van der Waals surface area contributed by atoms with E-state index < -0.39 is 0 Å². The lowest BCUT2D eigenvalue weighted by atomic mass is 10.1. The van der Waals surface area contributed by atoms with Crippen molar-refractivity contribution in [1.82, 2.24) is 9.97 Å². The van der Waals surface area contributed by atoms with Gasteiger partial charge >= 0.3 is 0 Å². The molecule has 0 amide bonds. The lowest BCUT2D eigenvalue weighted by Crippen LogP contribution is -2.10. The molecule has 0 aliphatic heterocycles. The molecule has 3 rings (SSSR count). The van der Waals surface area contributed by atoms with E-state index in [0.29, 0.717) is 0 Å². The SMILES string of the molecule is CNc1[nH+]cnc2[nH]cc(-c3ccccc3)c12. The molecule has 0 unspecified atom stereocenters. The highest BCUT2D eigenvalue weighted by atomic mass is 15.0. The summed E-state index contributed by atoms with van der Waals surface area (Å²) in [7, 11) is 1.90. The van der Waals surface area contributed by atoms with E-state index in [1.165, 1.54) is 5.56 Å². The van der Waals surface area contributed by atoms with Crippen LogP contribution in [0.1, 0.15) is 0 Å². The first-order valence-electron chi connectivity index (χ1n) is 5.51. The van der Waals surface area contributed by atoms with Crippen molar-refractivity contribution in [2.75, 3.05) is 12.4 Å². The van der Waals surface area contributed by atoms with Crippen LogP contribution in [0.25, 0.3) is 22.2 Å². The molecule has 0 saturated carbocycles. The summed E-state index contributed by atoms with van der Waals surface area (Å²) in [4.78, 5) is 10.6. The Bertz CT molecular complexity index is 643. The number of nitrogens with zero attached hydrogens (tertiary/aromatic N) is 1. The lowest BCUT2D eigenvalue weighted by Gasteiger charge is -2.00. The minimum Gasteiger partial charge on any atom is -0.332 e. The molecule has 4 nitrogen and oxygen atoms in total. The Hall–Kier alpha value is -2.36. The van der Waals surface area contributed by atoms with Crippen molar-refractivity contribution >= 4 is 16.9 Å². The van der Waals surface area contributed by atoms with Gasteiger partial charge in [-0.15, -0.1) is 0 Å². The number of anilines is 1. The van der Waals surface area contributed by atoms with Crippen molar-refractivity contribution in [3.63, 3.8) is 0 Å². The van der Waals surface area contributed by atoms with E-state index in [2.05, 4.69) is 32.4 Å². The van der Waals surface area contributed by atoms with Crippen LogP contribution >= 0.6 is 0 Å². The van der Waals surface area contributed by atoms with Gasteiger partial charge in [0, 0.05) is 18.8 Å². The molecular formula is C13H13N4+. The second-order valence-corrected chi connectivity index (χ2v) is 3.82. The predicted octanol–water partition coefficient (Wildman–Crippen LogP) is 2.09. The minimum absolute atomic E-state index is 0.881. The molecular weight excluding hydrogens is 212 g/mol. The number of fused-ring (bicyclic) bond motifs is 1. The van der Waals surface area contributed by atoms with Crippen molar-refractivity contribution in [2.24, 2.45) is 0 Å². The first-order valence-corrected chi connectivity index (χ1v) is 5.51. The predicted molar refractivity (Wildman–Crippen MR) is 67.6 cm³/mol. The Labute approximate surface area is 98.7 Å². The number of H-pyrrole nitrogens is 2. The number of benzene rings is 1. The van der Waals surface area contributed by atoms with Gasteiger partial charge in [-0.3, -0.25) is 0 Å². The smallest absolute Gasteiger partial charge is 0.232 e. The summed E-state index contributed by atoms with van der Waals surface area (Å²) in [5, 5.41) is 4.24. The molecule has 2 aromatic heterocycles. The molecule has 84 valence electrons. The molecule has 3 aromatic rings. The first kappa shape index (κ1) is 9.84. The van der Waals surface area contributed by atoms with Crippen LogP contribution in [-0.4, -0.2) is 17.0 Å². The maximum Gasteiger partial charge on any atom is 0.232 e.